The number of allylic oxidation sites excluding steroid dienone is 6. The van der Waals surface area contributed by atoms with Crippen molar-refractivity contribution in [3.05, 3.63) is 113 Å². The maximum atomic E-state index is 14.6. The van der Waals surface area contributed by atoms with E-state index >= 15 is 0 Å². The van der Waals surface area contributed by atoms with Crippen LogP contribution in [0.1, 0.15) is 195 Å². The van der Waals surface area contributed by atoms with Crippen LogP contribution < -0.4 is 11.1 Å². The maximum absolute atomic E-state index is 14.6. The molecule has 5 aromatic rings. The summed E-state index contributed by atoms with van der Waals surface area (Å²) in [5, 5.41) is 32.9. The van der Waals surface area contributed by atoms with Gasteiger partial charge in [0.15, 0.2) is 11.4 Å². The summed E-state index contributed by atoms with van der Waals surface area (Å²) in [4.78, 5) is 128. The summed E-state index contributed by atoms with van der Waals surface area (Å²) < 4.78 is 90.4. The van der Waals surface area contributed by atoms with E-state index in [9.17, 15) is 48.6 Å². The third kappa shape index (κ3) is 38.5. The van der Waals surface area contributed by atoms with Crippen molar-refractivity contribution in [3.8, 4) is 11.3 Å². The van der Waals surface area contributed by atoms with Crippen molar-refractivity contribution in [1.82, 2.24) is 44.8 Å². The van der Waals surface area contributed by atoms with Gasteiger partial charge in [-0.05, 0) is 161 Å². The molecular formula is C105H160N10O26. The van der Waals surface area contributed by atoms with Crippen molar-refractivity contribution in [1.29, 1.82) is 0 Å². The summed E-state index contributed by atoms with van der Waals surface area (Å²) in [6, 6.07) is 9.24. The summed E-state index contributed by atoms with van der Waals surface area (Å²) in [5.41, 5.74) is 14.1. The minimum atomic E-state index is -2.45. The molecule has 36 heteroatoms. The van der Waals surface area contributed by atoms with E-state index in [1.165, 1.54) is 23.9 Å². The number of piperidine rings is 1. The number of fused-ring (bicyclic) bond motifs is 6. The SMILES string of the molecule is CCCOCCCC(=O)O[C@@H]1CC[C@@H](C[C@@H](C)[C@@H]2CC(=O)[C@H](C)/C=C(\C)[C@@H](O)[C@@H](OC)C(=O)[C@H](C)C[C@H](C)/C=C/C=C/C=C(\C)[C@@H](OC)C[C@@H]3CC[C@@H](C)[C@@](O)(O3)C(=O)C(=O)N3CCCC[C@H]3C(=O)O2)C[C@H]1OC.CCCOCCOCCNC(=O)CCOCCOCCOCCOC.COCCOCCOCCC(=O)N1CCc2cc(Cn3nc(-c4cnc5[nH]ccc5c4)c4c(N)ncnc43)ccc2C1. The van der Waals surface area contributed by atoms with Gasteiger partial charge in [0.2, 0.25) is 17.6 Å². The van der Waals surface area contributed by atoms with Crippen molar-refractivity contribution in [2.75, 3.05) is 180 Å². The molecule has 3 amide bonds. The highest BCUT2D eigenvalue weighted by Crippen LogP contribution is 2.40. The minimum absolute atomic E-state index is 0.00633. The number of hydrogen-bond acceptors (Lipinski definition) is 31. The zero-order valence-corrected chi connectivity index (χ0v) is 85.8. The second-order valence-corrected chi connectivity index (χ2v) is 37.2. The summed E-state index contributed by atoms with van der Waals surface area (Å²) >= 11 is 0. The highest BCUT2D eigenvalue weighted by Gasteiger charge is 2.53. The number of H-pyrrole nitrogens is 1. The van der Waals surface area contributed by atoms with E-state index in [0.29, 0.717) is 250 Å². The number of carbonyl (C=O) groups is 8. The molecule has 5 aliphatic rings. The molecule has 36 nitrogen and oxygen atoms in total. The van der Waals surface area contributed by atoms with Crippen LogP contribution in [-0.4, -0.2) is 325 Å². The Bertz CT molecular complexity index is 4750. The van der Waals surface area contributed by atoms with Crippen LogP contribution in [0.2, 0.25) is 0 Å². The standard InChI is InChI=1S/C58H91NO15.C30H34N8O4.C17H35NO7/c1-12-28-71-29-18-22-51(61)72-47-26-24-43(33-50(47)69-10)32-39(5)49-35-46(60)38(4)31-41(7)53(63)54(70-11)52(62)40(6)30-36(2)19-14-13-15-20-37(3)48(68-9)34-44-25-23-42(8)58(67,74-44)55(64)56(65)59-27-17-16-21-45(59)57(66)73-49;1-40-10-11-42-13-12-41-9-6-25(39)37-8-5-21-14-20(2-3-23(21)18-37)17-38-30-26(28(31)34-19-35-30)27(36-38)24-15-22-4-7-32-29(22)33-16-24;1-3-6-21-11-13-23-8-5-18-17(19)4-7-22-12-14-25-16-15-24-10-9-20-2/h13-15,19-20,31,36,38-40,42-45,47-50,53-54,63,67H,12,16-18,21-30,32-35H2,1-11H3;2-4,7,14-16,19H,5-6,8-13,17-18H2,1H3,(H,32,33)(H2,31,34,35);3-16H2,1-2H3,(H,18,19)/b15-13+,19-14+,37-20+,41-31+;;/t36-,38-,39-,40-,42-,43+,44+,45+,47-,48+,49+,50-,53-,54+,58-;;/m1../s1. The number of ether oxygens (including phenoxy) is 16. The first-order valence-electron chi connectivity index (χ1n) is 50.4. The van der Waals surface area contributed by atoms with Gasteiger partial charge in [-0.15, -0.1) is 0 Å². The number of nitrogens with two attached hydrogens (primary N) is 1. The van der Waals surface area contributed by atoms with Crippen LogP contribution in [0.15, 0.2) is 96.7 Å². The molecular weight excluding hydrogens is 1820 g/mol. The number of benzene rings is 1. The highest BCUT2D eigenvalue weighted by atomic mass is 16.6. The summed E-state index contributed by atoms with van der Waals surface area (Å²) in [5.74, 6) is -8.10. The predicted molar refractivity (Wildman–Crippen MR) is 531 cm³/mol. The molecule has 1 saturated carbocycles. The minimum Gasteiger partial charge on any atom is -0.460 e. The highest BCUT2D eigenvalue weighted by molar-refractivity contribution is 6.39. The molecule has 6 N–H and O–H groups in total. The fourth-order valence-corrected chi connectivity index (χ4v) is 18.0. The quantitative estimate of drug-likeness (QED) is 0.0105. The predicted octanol–water partition coefficient (Wildman–Crippen LogP) is 11.5. The number of nitrogens with one attached hydrogen (secondary N) is 2. The average molecular weight is 1980 g/mol. The monoisotopic (exact) mass is 1980 g/mol. The van der Waals surface area contributed by atoms with Crippen molar-refractivity contribution < 1.29 is 124 Å². The second-order valence-electron chi connectivity index (χ2n) is 37.2. The fourth-order valence-electron chi connectivity index (χ4n) is 18.0. The van der Waals surface area contributed by atoms with E-state index in [1.54, 1.807) is 61.5 Å². The molecule has 2 saturated heterocycles. The topological polar surface area (TPSA) is 442 Å². The van der Waals surface area contributed by atoms with Gasteiger partial charge in [0.1, 0.15) is 59.7 Å². The van der Waals surface area contributed by atoms with Crippen LogP contribution in [0, 0.1) is 35.5 Å². The molecule has 3 fully saturated rings. The Morgan fingerprint density at radius 2 is 1.35 bits per heavy atom. The zero-order chi connectivity index (χ0) is 102. The second kappa shape index (κ2) is 63.9. The number of aromatic nitrogens is 6. The number of ketones is 3. The molecule has 786 valence electrons. The number of rotatable bonds is 45. The van der Waals surface area contributed by atoms with Gasteiger partial charge in [-0.2, -0.15) is 5.10 Å². The molecule has 0 unspecified atom stereocenters. The smallest absolute Gasteiger partial charge is 0.329 e. The Kier molecular flexibility index (Phi) is 53.1. The lowest BCUT2D eigenvalue weighted by molar-refractivity contribution is -0.265. The first-order chi connectivity index (χ1) is 68.1. The summed E-state index contributed by atoms with van der Waals surface area (Å²) in [7, 11) is 7.81. The third-order valence-electron chi connectivity index (χ3n) is 26.2. The number of aliphatic hydroxyl groups is 2. The number of Topliss-reactive ketones (excluding diaryl/α,β-unsaturated/α-hetero) is 3. The number of nitrogen functional groups attached to an aromatic ring is 1. The lowest BCUT2D eigenvalue weighted by Gasteiger charge is -2.42. The number of cyclic esters (lactones) is 1. The van der Waals surface area contributed by atoms with Crippen molar-refractivity contribution in [2.24, 2.45) is 35.5 Å². The molecule has 4 aromatic heterocycles. The number of nitrogens with zero attached hydrogens (tertiary/aromatic N) is 7. The van der Waals surface area contributed by atoms with Crippen LogP contribution in [-0.2, 0) is 134 Å². The molecule has 0 spiro atoms. The van der Waals surface area contributed by atoms with E-state index in [-0.39, 0.29) is 79.0 Å². The summed E-state index contributed by atoms with van der Waals surface area (Å²) in [6.45, 7) is 28.6. The van der Waals surface area contributed by atoms with Crippen LogP contribution >= 0.6 is 0 Å². The third-order valence-corrected chi connectivity index (χ3v) is 26.2. The van der Waals surface area contributed by atoms with Crippen molar-refractivity contribution in [2.45, 2.75) is 252 Å². The van der Waals surface area contributed by atoms with Crippen LogP contribution in [0.4, 0.5) is 5.82 Å². The Balaban J connectivity index is 0.000000301. The number of aliphatic hydroxyl groups excluding tert-OH is 1. The number of anilines is 1. The Hall–Kier alpha value is -9.06. The van der Waals surface area contributed by atoms with E-state index in [2.05, 4.69) is 50.4 Å². The van der Waals surface area contributed by atoms with Crippen LogP contribution in [0.25, 0.3) is 33.3 Å². The van der Waals surface area contributed by atoms with Gasteiger partial charge in [0.25, 0.3) is 11.7 Å². The number of carbonyl (C=O) groups excluding carboxylic acids is 8. The molecule has 0 radical (unpaired) electrons. The molecule has 8 heterocycles. The van der Waals surface area contributed by atoms with Gasteiger partial charge >= 0.3 is 11.9 Å². The number of hydrogen-bond donors (Lipinski definition) is 5. The lowest BCUT2D eigenvalue weighted by Crippen LogP contribution is -2.61. The molecule has 15 atom stereocenters. The van der Waals surface area contributed by atoms with Gasteiger partial charge in [-0.3, -0.25) is 33.6 Å². The molecule has 1 aromatic carbocycles. The Morgan fingerprint density at radius 1 is 0.681 bits per heavy atom. The normalized spacial score (nSPS) is 25.2. The van der Waals surface area contributed by atoms with E-state index in [4.69, 9.17) is 86.6 Å². The van der Waals surface area contributed by atoms with Gasteiger partial charge in [-0.1, -0.05) is 103 Å². The molecule has 1 aliphatic carbocycles. The maximum Gasteiger partial charge on any atom is 0.329 e. The van der Waals surface area contributed by atoms with Gasteiger partial charge in [0, 0.05) is 148 Å². The Labute approximate surface area is 831 Å². The molecule has 141 heavy (non-hydrogen) atoms. The lowest BCUT2D eigenvalue weighted by atomic mass is 9.78. The first kappa shape index (κ1) is 117. The number of pyridine rings is 1. The van der Waals surface area contributed by atoms with Crippen LogP contribution in [0.5, 0.6) is 0 Å². The fraction of sp³-hybridized carbons (Fsp3) is 0.676. The van der Waals surface area contributed by atoms with Crippen LogP contribution in [0.3, 0.4) is 0 Å². The average Bonchev–Trinajstić information content (AvgIpc) is 1.60. The number of amides is 3. The Morgan fingerprint density at radius 3 is 2.04 bits per heavy atom. The van der Waals surface area contributed by atoms with Gasteiger partial charge in [0.05, 0.1) is 136 Å². The van der Waals surface area contributed by atoms with E-state index in [1.807, 2.05) is 92.9 Å². The van der Waals surface area contributed by atoms with E-state index < -0.39 is 83.9 Å². The van der Waals surface area contributed by atoms with Gasteiger partial charge < -0.3 is 112 Å². The summed E-state index contributed by atoms with van der Waals surface area (Å²) in [6.07, 6.45) is 20.3. The molecule has 10 rings (SSSR count). The van der Waals surface area contributed by atoms with E-state index in [0.717, 1.165) is 59.2 Å². The van der Waals surface area contributed by atoms with Gasteiger partial charge in [-0.25, -0.2) is 24.4 Å². The molecule has 4 aliphatic heterocycles. The number of methoxy groups -OCH3 is 5. The molecule has 2 bridgehead atoms. The number of esters is 2. The largest absolute Gasteiger partial charge is 0.460 e. The number of aromatic amines is 1. The first-order valence-corrected chi connectivity index (χ1v) is 50.4. The van der Waals surface area contributed by atoms with Crippen molar-refractivity contribution >= 4 is 74.9 Å². The van der Waals surface area contributed by atoms with Crippen molar-refractivity contribution in [3.63, 3.8) is 0 Å². The zero-order valence-electron chi connectivity index (χ0n) is 85.8.